The van der Waals surface area contributed by atoms with Gasteiger partial charge in [0.1, 0.15) is 22.3 Å². The molecule has 23 heavy (non-hydrogen) atoms. The number of nitrogens with zero attached hydrogens (tertiary/aromatic N) is 2. The summed E-state index contributed by atoms with van der Waals surface area (Å²) in [5.74, 6) is -1.59. The van der Waals surface area contributed by atoms with Crippen molar-refractivity contribution in [2.75, 3.05) is 13.1 Å². The third-order valence-corrected chi connectivity index (χ3v) is 4.92. The minimum atomic E-state index is -0.684. The van der Waals surface area contributed by atoms with Crippen molar-refractivity contribution >= 4 is 17.2 Å². The fraction of sp³-hybridized carbons (Fsp3) is 0.375. The normalized spacial score (nSPS) is 18.2. The van der Waals surface area contributed by atoms with Crippen LogP contribution in [0.5, 0.6) is 0 Å². The van der Waals surface area contributed by atoms with Crippen LogP contribution in [0.4, 0.5) is 8.78 Å². The summed E-state index contributed by atoms with van der Waals surface area (Å²) in [6.45, 7) is 1.05. The first kappa shape index (κ1) is 16.0. The Balaban J connectivity index is 1.88. The molecule has 1 aromatic carbocycles. The molecule has 1 amide bonds. The zero-order valence-corrected chi connectivity index (χ0v) is 13.3. The topological polar surface area (TPSA) is 59.2 Å². The Kier molecular flexibility index (Phi) is 4.68. The minimum Gasteiger partial charge on any atom is -0.333 e. The van der Waals surface area contributed by atoms with E-state index in [1.165, 1.54) is 18.2 Å². The number of carbonyl (C=O) groups is 1. The summed E-state index contributed by atoms with van der Waals surface area (Å²) in [4.78, 5) is 18.5. The second kappa shape index (κ2) is 6.72. The fourth-order valence-corrected chi connectivity index (χ4v) is 3.69. The van der Waals surface area contributed by atoms with Crippen molar-refractivity contribution in [3.8, 4) is 10.6 Å². The highest BCUT2D eigenvalue weighted by Crippen LogP contribution is 2.29. The largest absolute Gasteiger partial charge is 0.333 e. The molecule has 2 aromatic rings. The molecule has 1 unspecified atom stereocenters. The summed E-state index contributed by atoms with van der Waals surface area (Å²) in [5, 5.41) is 1.72. The van der Waals surface area contributed by atoms with Gasteiger partial charge in [0.15, 0.2) is 0 Å². The van der Waals surface area contributed by atoms with Crippen LogP contribution in [0.15, 0.2) is 23.6 Å². The molecule has 1 aliphatic rings. The average Bonchev–Trinajstić information content (AvgIpc) is 3.03. The van der Waals surface area contributed by atoms with Gasteiger partial charge in [-0.15, -0.1) is 11.3 Å². The molecule has 1 fully saturated rings. The molecule has 1 atom stereocenters. The van der Waals surface area contributed by atoms with Gasteiger partial charge in [-0.25, -0.2) is 13.8 Å². The summed E-state index contributed by atoms with van der Waals surface area (Å²) in [6, 6.07) is 3.66. The summed E-state index contributed by atoms with van der Waals surface area (Å²) < 4.78 is 27.7. The number of nitrogens with two attached hydrogens (primary N) is 1. The van der Waals surface area contributed by atoms with E-state index >= 15 is 0 Å². The van der Waals surface area contributed by atoms with Crippen LogP contribution in [0.3, 0.4) is 0 Å². The van der Waals surface area contributed by atoms with E-state index in [1.54, 1.807) is 10.3 Å². The van der Waals surface area contributed by atoms with Crippen LogP contribution in [-0.4, -0.2) is 34.9 Å². The predicted octanol–water partition coefficient (Wildman–Crippen LogP) is 3.04. The van der Waals surface area contributed by atoms with Crippen molar-refractivity contribution in [1.29, 1.82) is 0 Å². The number of amides is 1. The van der Waals surface area contributed by atoms with Crippen molar-refractivity contribution < 1.29 is 13.6 Å². The number of thiazole rings is 1. The first-order chi connectivity index (χ1) is 11.1. The molecule has 4 nitrogen and oxygen atoms in total. The highest BCUT2D eigenvalue weighted by molar-refractivity contribution is 7.13. The highest BCUT2D eigenvalue weighted by atomic mass is 32.1. The summed E-state index contributed by atoms with van der Waals surface area (Å²) >= 11 is 1.06. The van der Waals surface area contributed by atoms with Crippen LogP contribution in [0, 0.1) is 11.6 Å². The molecule has 0 aliphatic carbocycles. The summed E-state index contributed by atoms with van der Waals surface area (Å²) in [5.41, 5.74) is 5.76. The fourth-order valence-electron chi connectivity index (χ4n) is 2.85. The second-order valence-corrected chi connectivity index (χ2v) is 6.38. The SMILES string of the molecule is NCC1CCCCN1C(=O)c1csc(-c2c(F)cccc2F)n1. The Hall–Kier alpha value is -1.86. The van der Waals surface area contributed by atoms with E-state index in [9.17, 15) is 13.6 Å². The molecular weight excluding hydrogens is 320 g/mol. The van der Waals surface area contributed by atoms with Gasteiger partial charge in [-0.2, -0.15) is 0 Å². The zero-order chi connectivity index (χ0) is 16.4. The van der Waals surface area contributed by atoms with E-state index in [-0.39, 0.29) is 28.2 Å². The smallest absolute Gasteiger partial charge is 0.273 e. The highest BCUT2D eigenvalue weighted by Gasteiger charge is 2.28. The van der Waals surface area contributed by atoms with Gasteiger partial charge in [0.25, 0.3) is 5.91 Å². The van der Waals surface area contributed by atoms with Crippen molar-refractivity contribution in [3.63, 3.8) is 0 Å². The first-order valence-electron chi connectivity index (χ1n) is 7.52. The lowest BCUT2D eigenvalue weighted by Crippen LogP contribution is -2.47. The maximum atomic E-state index is 13.8. The van der Waals surface area contributed by atoms with Crippen molar-refractivity contribution in [2.45, 2.75) is 25.3 Å². The van der Waals surface area contributed by atoms with Gasteiger partial charge < -0.3 is 10.6 Å². The van der Waals surface area contributed by atoms with Gasteiger partial charge in [-0.1, -0.05) is 6.07 Å². The molecule has 2 heterocycles. The number of hydrogen-bond acceptors (Lipinski definition) is 4. The third kappa shape index (κ3) is 3.11. The maximum absolute atomic E-state index is 13.8. The van der Waals surface area contributed by atoms with Crippen LogP contribution in [0.25, 0.3) is 10.6 Å². The van der Waals surface area contributed by atoms with Crippen molar-refractivity contribution in [2.24, 2.45) is 5.73 Å². The number of benzene rings is 1. The van der Waals surface area contributed by atoms with Crippen molar-refractivity contribution in [1.82, 2.24) is 9.88 Å². The zero-order valence-electron chi connectivity index (χ0n) is 12.5. The van der Waals surface area contributed by atoms with E-state index in [4.69, 9.17) is 5.73 Å². The standard InChI is InChI=1S/C16H17F2N3OS/c17-11-5-3-6-12(18)14(11)15-20-13(9-23-15)16(22)21-7-2-1-4-10(21)8-19/h3,5-6,9-10H,1-2,4,7-8,19H2. The monoisotopic (exact) mass is 337 g/mol. The number of likely N-dealkylation sites (tertiary alicyclic amines) is 1. The number of rotatable bonds is 3. The molecule has 122 valence electrons. The Labute approximate surface area is 136 Å². The molecule has 0 saturated carbocycles. The van der Waals surface area contributed by atoms with Gasteiger partial charge in [0.05, 0.1) is 5.56 Å². The molecule has 0 bridgehead atoms. The molecule has 0 spiro atoms. The number of piperidine rings is 1. The molecule has 1 saturated heterocycles. The van der Waals surface area contributed by atoms with Crippen LogP contribution in [-0.2, 0) is 0 Å². The van der Waals surface area contributed by atoms with E-state index in [0.717, 1.165) is 30.6 Å². The van der Waals surface area contributed by atoms with Crippen LogP contribution >= 0.6 is 11.3 Å². The molecule has 1 aliphatic heterocycles. The Morgan fingerprint density at radius 1 is 1.35 bits per heavy atom. The number of carbonyl (C=O) groups excluding carboxylic acids is 1. The predicted molar refractivity (Wildman–Crippen MR) is 85.2 cm³/mol. The molecule has 3 rings (SSSR count). The minimum absolute atomic E-state index is 0.00611. The Morgan fingerprint density at radius 2 is 2.09 bits per heavy atom. The van der Waals surface area contributed by atoms with E-state index in [2.05, 4.69) is 4.98 Å². The maximum Gasteiger partial charge on any atom is 0.273 e. The lowest BCUT2D eigenvalue weighted by atomic mass is 10.0. The summed E-state index contributed by atoms with van der Waals surface area (Å²) in [7, 11) is 0. The van der Waals surface area contributed by atoms with Gasteiger partial charge in [-0.3, -0.25) is 4.79 Å². The molecule has 1 aromatic heterocycles. The van der Waals surface area contributed by atoms with Crippen molar-refractivity contribution in [3.05, 3.63) is 40.9 Å². The van der Waals surface area contributed by atoms with Gasteiger partial charge in [-0.05, 0) is 31.4 Å². The van der Waals surface area contributed by atoms with Crippen LogP contribution in [0.2, 0.25) is 0 Å². The van der Waals surface area contributed by atoms with Gasteiger partial charge in [0.2, 0.25) is 0 Å². The number of aromatic nitrogens is 1. The van der Waals surface area contributed by atoms with E-state index in [0.29, 0.717) is 13.1 Å². The van der Waals surface area contributed by atoms with Crippen LogP contribution in [0.1, 0.15) is 29.8 Å². The quantitative estimate of drug-likeness (QED) is 0.936. The average molecular weight is 337 g/mol. The first-order valence-corrected chi connectivity index (χ1v) is 8.40. The van der Waals surface area contributed by atoms with Gasteiger partial charge >= 0.3 is 0 Å². The second-order valence-electron chi connectivity index (χ2n) is 5.52. The molecule has 7 heteroatoms. The van der Waals surface area contributed by atoms with E-state index in [1.807, 2.05) is 0 Å². The Morgan fingerprint density at radius 3 is 2.78 bits per heavy atom. The van der Waals surface area contributed by atoms with Crippen LogP contribution < -0.4 is 5.73 Å². The number of halogens is 2. The lowest BCUT2D eigenvalue weighted by Gasteiger charge is -2.34. The third-order valence-electron chi connectivity index (χ3n) is 4.06. The molecular formula is C16H17F2N3OS. The molecule has 0 radical (unpaired) electrons. The van der Waals surface area contributed by atoms with Gasteiger partial charge in [0, 0.05) is 24.5 Å². The van der Waals surface area contributed by atoms with E-state index < -0.39 is 11.6 Å². The number of hydrogen-bond donors (Lipinski definition) is 1. The molecule has 2 N–H and O–H groups in total. The lowest BCUT2D eigenvalue weighted by molar-refractivity contribution is 0.0618. The summed E-state index contributed by atoms with van der Waals surface area (Å²) in [6.07, 6.45) is 2.86. The Bertz CT molecular complexity index is 699.